The Hall–Kier alpha value is -0.890. The quantitative estimate of drug-likeness (QED) is 0.0374. The van der Waals surface area contributed by atoms with Gasteiger partial charge in [0.15, 0.2) is 6.29 Å². The van der Waals surface area contributed by atoms with E-state index in [9.17, 15) is 40.5 Å². The predicted octanol–water partition coefficient (Wildman–Crippen LogP) is 5.80. The minimum absolute atomic E-state index is 0.264. The van der Waals surface area contributed by atoms with E-state index in [1.165, 1.54) is 96.3 Å². The second-order valence-corrected chi connectivity index (χ2v) is 15.7. The Morgan fingerprint density at radius 3 is 1.60 bits per heavy atom. The lowest BCUT2D eigenvalue weighted by Crippen LogP contribution is -2.60. The smallest absolute Gasteiger partial charge is 0.249 e. The van der Waals surface area contributed by atoms with Crippen molar-refractivity contribution in [2.75, 3.05) is 13.2 Å². The van der Waals surface area contributed by atoms with E-state index >= 15 is 0 Å². The zero-order chi connectivity index (χ0) is 38.6. The number of rotatable bonds is 34. The Kier molecular flexibility index (Phi) is 29.6. The molecule has 1 saturated heterocycles. The first-order valence-electron chi connectivity index (χ1n) is 21.3. The Bertz CT molecular complexity index is 835. The van der Waals surface area contributed by atoms with Crippen LogP contribution in [0, 0.1) is 5.92 Å². The van der Waals surface area contributed by atoms with Gasteiger partial charge in [0.1, 0.15) is 36.6 Å². The van der Waals surface area contributed by atoms with Crippen molar-refractivity contribution in [2.45, 2.75) is 236 Å². The highest BCUT2D eigenvalue weighted by Gasteiger charge is 2.44. The van der Waals surface area contributed by atoms with Crippen LogP contribution in [-0.4, -0.2) is 110 Å². The number of aliphatic hydroxyl groups excluding tert-OH is 7. The van der Waals surface area contributed by atoms with Crippen LogP contribution < -0.4 is 5.32 Å². The zero-order valence-corrected chi connectivity index (χ0v) is 33.2. The topological polar surface area (TPSA) is 189 Å². The van der Waals surface area contributed by atoms with Gasteiger partial charge in [-0.3, -0.25) is 4.79 Å². The Morgan fingerprint density at radius 1 is 0.654 bits per heavy atom. The van der Waals surface area contributed by atoms with Gasteiger partial charge in [-0.15, -0.1) is 0 Å². The third-order valence-corrected chi connectivity index (χ3v) is 11.0. The van der Waals surface area contributed by atoms with E-state index in [4.69, 9.17) is 9.47 Å². The van der Waals surface area contributed by atoms with Crippen LogP contribution in [0.5, 0.6) is 0 Å². The number of nitrogens with one attached hydrogen (secondary N) is 1. The highest BCUT2D eigenvalue weighted by Crippen LogP contribution is 2.23. The van der Waals surface area contributed by atoms with Crippen molar-refractivity contribution in [3.05, 3.63) is 0 Å². The molecule has 11 nitrogen and oxygen atoms in total. The Morgan fingerprint density at radius 2 is 1.12 bits per heavy atom. The third-order valence-electron chi connectivity index (χ3n) is 11.0. The van der Waals surface area contributed by atoms with Crippen LogP contribution in [-0.2, 0) is 14.3 Å². The van der Waals surface area contributed by atoms with Gasteiger partial charge in [-0.25, -0.2) is 0 Å². The number of ether oxygens (including phenoxy) is 2. The molecule has 1 amide bonds. The highest BCUT2D eigenvalue weighted by molar-refractivity contribution is 5.80. The summed E-state index contributed by atoms with van der Waals surface area (Å²) >= 11 is 0. The van der Waals surface area contributed by atoms with E-state index in [1.807, 2.05) is 0 Å². The molecule has 52 heavy (non-hydrogen) atoms. The molecule has 0 aromatic carbocycles. The lowest BCUT2D eigenvalue weighted by molar-refractivity contribution is -0.303. The van der Waals surface area contributed by atoms with Gasteiger partial charge >= 0.3 is 0 Å². The van der Waals surface area contributed by atoms with Crippen LogP contribution in [0.25, 0.3) is 0 Å². The normalized spacial score (nSPS) is 23.6. The second kappa shape index (κ2) is 31.3. The van der Waals surface area contributed by atoms with Crippen molar-refractivity contribution in [3.63, 3.8) is 0 Å². The molecule has 1 fully saturated rings. The van der Waals surface area contributed by atoms with Crippen LogP contribution in [0.4, 0.5) is 0 Å². The molecular weight excluding hydrogens is 666 g/mol. The number of amides is 1. The molecule has 0 aromatic rings. The lowest BCUT2D eigenvalue weighted by atomic mass is 9.98. The molecule has 8 N–H and O–H groups in total. The highest BCUT2D eigenvalue weighted by atomic mass is 16.7. The summed E-state index contributed by atoms with van der Waals surface area (Å²) in [6, 6.07) is -1.16. The van der Waals surface area contributed by atoms with E-state index < -0.39 is 74.2 Å². The van der Waals surface area contributed by atoms with Gasteiger partial charge in [0.05, 0.1) is 25.4 Å². The van der Waals surface area contributed by atoms with E-state index in [1.54, 1.807) is 0 Å². The molecule has 310 valence electrons. The predicted molar refractivity (Wildman–Crippen MR) is 206 cm³/mol. The molecule has 0 spiro atoms. The van der Waals surface area contributed by atoms with E-state index in [0.717, 1.165) is 44.4 Å². The molecule has 0 aliphatic carbocycles. The van der Waals surface area contributed by atoms with Gasteiger partial charge in [0.25, 0.3) is 0 Å². The second-order valence-electron chi connectivity index (χ2n) is 15.7. The molecular formula is C41H81NO10. The largest absolute Gasteiger partial charge is 0.394 e. The van der Waals surface area contributed by atoms with Crippen LogP contribution in [0.1, 0.15) is 181 Å². The van der Waals surface area contributed by atoms with Crippen LogP contribution >= 0.6 is 0 Å². The molecule has 10 atom stereocenters. The molecule has 0 unspecified atom stereocenters. The summed E-state index contributed by atoms with van der Waals surface area (Å²) < 4.78 is 11.1. The van der Waals surface area contributed by atoms with Crippen LogP contribution in [0.3, 0.4) is 0 Å². The summed E-state index contributed by atoms with van der Waals surface area (Å²) in [6.45, 7) is 5.74. The van der Waals surface area contributed by atoms with Crippen molar-refractivity contribution in [2.24, 2.45) is 5.92 Å². The molecule has 1 aliphatic heterocycles. The van der Waals surface area contributed by atoms with E-state index in [2.05, 4.69) is 26.1 Å². The molecule has 1 aliphatic rings. The maximum atomic E-state index is 13.0. The van der Waals surface area contributed by atoms with Crippen molar-refractivity contribution in [1.29, 1.82) is 0 Å². The van der Waals surface area contributed by atoms with Gasteiger partial charge < -0.3 is 50.5 Å². The van der Waals surface area contributed by atoms with Gasteiger partial charge in [0, 0.05) is 0 Å². The molecule has 11 heteroatoms. The molecule has 0 saturated carbocycles. The number of aliphatic hydroxyl groups is 7. The first-order valence-corrected chi connectivity index (χ1v) is 21.3. The van der Waals surface area contributed by atoms with Crippen LogP contribution in [0.2, 0.25) is 0 Å². The van der Waals surface area contributed by atoms with Crippen molar-refractivity contribution < 1.29 is 50.0 Å². The van der Waals surface area contributed by atoms with Crippen molar-refractivity contribution in [3.8, 4) is 0 Å². The summed E-state index contributed by atoms with van der Waals surface area (Å²) in [5.74, 6) is 0.118. The first kappa shape index (κ1) is 49.1. The molecule has 0 bridgehead atoms. The SMILES string of the molecule is CCCCCCCCCCCCCC[C@@H](O)C(=O)N[C@@H](CO[C@@H]1O[C@H](CO)[C@@H](O)[C@H](O)[C@H]1O)[C@H](O)[C@H](O)CCCCCCCCCCC[C@H](C)CC. The fraction of sp³-hybridized carbons (Fsp3) is 0.976. The van der Waals surface area contributed by atoms with Gasteiger partial charge in [-0.1, -0.05) is 168 Å². The average molecular weight is 748 g/mol. The van der Waals surface area contributed by atoms with Gasteiger partial charge in [-0.05, 0) is 18.8 Å². The minimum atomic E-state index is -1.66. The maximum Gasteiger partial charge on any atom is 0.249 e. The average Bonchev–Trinajstić information content (AvgIpc) is 3.14. The van der Waals surface area contributed by atoms with Crippen molar-refractivity contribution >= 4 is 5.91 Å². The summed E-state index contributed by atoms with van der Waals surface area (Å²) in [5.41, 5.74) is 0. The Balaban J connectivity index is 2.53. The fourth-order valence-electron chi connectivity index (χ4n) is 6.94. The van der Waals surface area contributed by atoms with Gasteiger partial charge in [0.2, 0.25) is 5.91 Å². The molecule has 1 rings (SSSR count). The lowest BCUT2D eigenvalue weighted by Gasteiger charge is -2.40. The fourth-order valence-corrected chi connectivity index (χ4v) is 6.94. The van der Waals surface area contributed by atoms with Crippen LogP contribution in [0.15, 0.2) is 0 Å². The van der Waals surface area contributed by atoms with E-state index in [0.29, 0.717) is 19.3 Å². The number of hydrogen-bond acceptors (Lipinski definition) is 10. The monoisotopic (exact) mass is 748 g/mol. The number of carbonyl (C=O) groups is 1. The summed E-state index contributed by atoms with van der Waals surface area (Å²) in [4.78, 5) is 13.0. The molecule has 0 radical (unpaired) electrons. The minimum Gasteiger partial charge on any atom is -0.394 e. The summed E-state index contributed by atoms with van der Waals surface area (Å²) in [5, 5.41) is 75.4. The third kappa shape index (κ3) is 21.9. The maximum absolute atomic E-state index is 13.0. The summed E-state index contributed by atoms with van der Waals surface area (Å²) in [7, 11) is 0. The van der Waals surface area contributed by atoms with Gasteiger partial charge in [-0.2, -0.15) is 0 Å². The zero-order valence-electron chi connectivity index (χ0n) is 33.2. The van der Waals surface area contributed by atoms with E-state index in [-0.39, 0.29) is 6.42 Å². The first-order chi connectivity index (χ1) is 25.1. The number of carbonyl (C=O) groups excluding carboxylic acids is 1. The molecule has 0 aromatic heterocycles. The van der Waals surface area contributed by atoms with Crippen molar-refractivity contribution in [1.82, 2.24) is 5.32 Å². The molecule has 1 heterocycles. The Labute approximate surface area is 316 Å². The number of hydrogen-bond donors (Lipinski definition) is 8. The standard InChI is InChI=1S/C41H81NO10/c1-4-6-7-8-9-10-11-12-15-19-22-25-28-34(45)40(50)42-32(30-51-41-39(49)38(48)37(47)35(29-43)52-41)36(46)33(44)27-24-21-18-16-13-14-17-20-23-26-31(3)5-2/h31-39,41,43-49H,4-30H2,1-3H3,(H,42,50)/t31-,32+,33-,34-,35-,36+,37-,38+,39-,41-/m1/s1. The number of unbranched alkanes of at least 4 members (excludes halogenated alkanes) is 19. The summed E-state index contributed by atoms with van der Waals surface area (Å²) in [6.07, 6.45) is 15.8.